The number of carboxylic acid groups (broad SMARTS) is 1. The summed E-state index contributed by atoms with van der Waals surface area (Å²) in [6, 6.07) is 103. The van der Waals surface area contributed by atoms with Crippen molar-refractivity contribution >= 4 is 141 Å². The normalized spacial score (nSPS) is 10.8. The number of para-hydroxylation sites is 1. The highest BCUT2D eigenvalue weighted by atomic mass is 32.2. The Morgan fingerprint density at radius 1 is 0.287 bits per heavy atom. The lowest BCUT2D eigenvalue weighted by Gasteiger charge is -2.26. The van der Waals surface area contributed by atoms with E-state index in [1.807, 2.05) is 244 Å². The fraction of sp³-hybridized carbons (Fsp3) is 0.255. The number of benzene rings is 13. The molecule has 31 N–H and O–H groups in total. The van der Waals surface area contributed by atoms with Crippen molar-refractivity contribution in [3.63, 3.8) is 0 Å². The van der Waals surface area contributed by atoms with E-state index >= 15 is 0 Å². The van der Waals surface area contributed by atoms with Crippen LogP contribution < -0.4 is 120 Å². The summed E-state index contributed by atoms with van der Waals surface area (Å²) < 4.78 is 28.0. The maximum absolute atomic E-state index is 13.3. The smallest absolute Gasteiger partial charge is 0.303 e. The molecule has 0 aliphatic carbocycles. The molecule has 0 heterocycles. The van der Waals surface area contributed by atoms with Crippen molar-refractivity contribution in [1.29, 1.82) is 0 Å². The standard InChI is InChI=1S/C26H33N5O2.C23H29N5O2S.C22H27N5.C18H27N5.C17H25N5/c27-21-6-10-23(11-7-21)29-16-18-31(19-17-30-24-12-8-22(28)9-13-24)25-14-4-20(5-15-25)2-1-3-26(32)33;1-18-2-12-23(13-3-18)31(29,30)28(16-14-26-21-8-4-19(24)5-9-21)17-15-27-22-10-6-20(25)7-11-22;23-18-6-10-20(11-7-18)25-14-16-27(22-4-2-1-3-5-22)17-15-26-21-12-8-19(24)9-13-21;1-2-23(13-11-21-17-7-3-15(19)4-8-17)14-12-22-18-9-5-16(20)6-10-18;1-22(12-10-20-16-6-2-14(18)3-7-16)13-11-21-17-8-4-15(19)5-9-17/h4-15,29-30H,1-3,16-19,27-28H2,(H,32,33);2-13,26-27H,14-17,24-25H2,1H3;1-13,25-26H,14-17,23-24H2;3-10,21-22H,2,11-14,19-20H2,1H3;2-9,20-21H,10-13,18-19H2,1H3. The topological polar surface area (TPSA) is 468 Å². The van der Waals surface area contributed by atoms with E-state index in [1.54, 1.807) is 36.4 Å². The highest BCUT2D eigenvalue weighted by Gasteiger charge is 2.24. The maximum Gasteiger partial charge on any atom is 0.303 e. The van der Waals surface area contributed by atoms with Crippen molar-refractivity contribution in [3.8, 4) is 0 Å². The van der Waals surface area contributed by atoms with Crippen LogP contribution in [-0.2, 0) is 21.2 Å². The monoisotopic (exact) mass is 1860 g/mol. The molecule has 720 valence electrons. The number of nitrogen functional groups attached to an aromatic ring is 10. The molecule has 0 fully saturated rings. The van der Waals surface area contributed by atoms with Crippen LogP contribution in [0.25, 0.3) is 0 Å². The van der Waals surface area contributed by atoms with Gasteiger partial charge in [0.05, 0.1) is 4.90 Å². The van der Waals surface area contributed by atoms with E-state index in [0.717, 1.165) is 237 Å². The van der Waals surface area contributed by atoms with Gasteiger partial charge in [0.15, 0.2) is 0 Å². The molecule has 0 aromatic heterocycles. The molecule has 0 bridgehead atoms. The molecular weight excluding hydrogens is 1720 g/mol. The largest absolute Gasteiger partial charge is 0.481 e. The number of hydrogen-bond acceptors (Lipinski definition) is 27. The molecule has 30 heteroatoms. The third-order valence-corrected chi connectivity index (χ3v) is 23.8. The molecule has 13 rings (SSSR count). The van der Waals surface area contributed by atoms with Crippen molar-refractivity contribution in [2.24, 2.45) is 0 Å². The number of aryl methyl sites for hydroxylation is 2. The highest BCUT2D eigenvalue weighted by molar-refractivity contribution is 7.89. The van der Waals surface area contributed by atoms with E-state index < -0.39 is 16.0 Å². The van der Waals surface area contributed by atoms with Gasteiger partial charge in [0, 0.05) is 262 Å². The molecule has 136 heavy (non-hydrogen) atoms. The second-order valence-electron chi connectivity index (χ2n) is 32.7. The number of sulfonamides is 1. The highest BCUT2D eigenvalue weighted by Crippen LogP contribution is 2.24. The molecule has 0 radical (unpaired) electrons. The lowest BCUT2D eigenvalue weighted by molar-refractivity contribution is -0.137. The third kappa shape index (κ3) is 40.9. The lowest BCUT2D eigenvalue weighted by Crippen LogP contribution is -2.38. The second-order valence-corrected chi connectivity index (χ2v) is 34.6. The Bertz CT molecular complexity index is 5320. The van der Waals surface area contributed by atoms with Crippen molar-refractivity contribution in [2.75, 3.05) is 265 Å². The summed E-state index contributed by atoms with van der Waals surface area (Å²) in [6.07, 6.45) is 1.61. The summed E-state index contributed by atoms with van der Waals surface area (Å²) >= 11 is 0. The number of rotatable bonds is 49. The van der Waals surface area contributed by atoms with E-state index in [-0.39, 0.29) is 11.3 Å². The molecule has 0 unspecified atom stereocenters. The molecule has 0 saturated heterocycles. The Morgan fingerprint density at radius 3 is 0.757 bits per heavy atom. The predicted octanol–water partition coefficient (Wildman–Crippen LogP) is 16.5. The first-order chi connectivity index (χ1) is 65.8. The van der Waals surface area contributed by atoms with Crippen LogP contribution in [0.15, 0.2) is 326 Å². The van der Waals surface area contributed by atoms with E-state index in [2.05, 4.69) is 135 Å². The Hall–Kier alpha value is -15.2. The first kappa shape index (κ1) is 104. The minimum absolute atomic E-state index is 0.196. The molecule has 13 aromatic carbocycles. The zero-order chi connectivity index (χ0) is 96.9. The molecule has 29 nitrogen and oxygen atoms in total. The van der Waals surface area contributed by atoms with Gasteiger partial charge in [-0.05, 0) is 318 Å². The summed E-state index contributed by atoms with van der Waals surface area (Å²) in [5.74, 6) is -0.750. The Morgan fingerprint density at radius 2 is 0.515 bits per heavy atom. The zero-order valence-electron chi connectivity index (χ0n) is 78.7. The average Bonchev–Trinajstić information content (AvgIpc) is 0.810. The number of carboxylic acids is 1. The van der Waals surface area contributed by atoms with Gasteiger partial charge in [-0.3, -0.25) is 4.79 Å². The molecule has 0 aliphatic heterocycles. The van der Waals surface area contributed by atoms with E-state index in [0.29, 0.717) is 44.0 Å². The number of anilines is 22. The number of aliphatic carboxylic acids is 1. The minimum Gasteiger partial charge on any atom is -0.481 e. The molecule has 0 aliphatic rings. The molecule has 0 atom stereocenters. The van der Waals surface area contributed by atoms with Crippen molar-refractivity contribution in [2.45, 2.75) is 38.0 Å². The molecular formula is C106H141N25O4S. The SMILES string of the molecule is CCN(CCNc1ccc(N)cc1)CCNc1ccc(N)cc1.CN(CCNc1ccc(N)cc1)CCNc1ccc(N)cc1.Cc1ccc(S(=O)(=O)N(CCNc2ccc(N)cc2)CCNc2ccc(N)cc2)cc1.Nc1ccc(NCCN(CCNc2ccc(N)cc2)c2ccc(CCCC(=O)O)cc2)cc1.Nc1ccc(NCCN(CCNc2ccc(N)cc2)c2ccccc2)cc1. The number of nitrogens with two attached hydrogens (primary N) is 10. The van der Waals surface area contributed by atoms with E-state index in [9.17, 15) is 13.2 Å². The van der Waals surface area contributed by atoms with Gasteiger partial charge in [-0.1, -0.05) is 55.0 Å². The first-order valence-corrected chi connectivity index (χ1v) is 47.6. The van der Waals surface area contributed by atoms with Crippen LogP contribution in [0.1, 0.15) is 30.9 Å². The zero-order valence-corrected chi connectivity index (χ0v) is 79.5. The van der Waals surface area contributed by atoms with Gasteiger partial charge >= 0.3 is 5.97 Å². The number of nitrogens with one attached hydrogen (secondary N) is 10. The molecule has 0 spiro atoms. The van der Waals surface area contributed by atoms with Crippen LogP contribution >= 0.6 is 0 Å². The van der Waals surface area contributed by atoms with Crippen LogP contribution in [0.2, 0.25) is 0 Å². The van der Waals surface area contributed by atoms with E-state index in [1.165, 1.54) is 9.99 Å². The van der Waals surface area contributed by atoms with Crippen LogP contribution in [0.3, 0.4) is 0 Å². The van der Waals surface area contributed by atoms with Crippen LogP contribution in [0.5, 0.6) is 0 Å². The molecule has 0 amide bonds. The fourth-order valence-electron chi connectivity index (χ4n) is 13.9. The quantitative estimate of drug-likeness (QED) is 0.0157. The van der Waals surface area contributed by atoms with Gasteiger partial charge in [-0.2, -0.15) is 4.31 Å². The van der Waals surface area contributed by atoms with Crippen molar-refractivity contribution in [1.82, 2.24) is 14.1 Å². The summed E-state index contributed by atoms with van der Waals surface area (Å²) in [5.41, 5.74) is 79.7. The summed E-state index contributed by atoms with van der Waals surface area (Å²) in [4.78, 5) is 20.4. The van der Waals surface area contributed by atoms with Crippen molar-refractivity contribution < 1.29 is 18.3 Å². The van der Waals surface area contributed by atoms with Gasteiger partial charge in [0.25, 0.3) is 0 Å². The Labute approximate surface area is 804 Å². The van der Waals surface area contributed by atoms with E-state index in [4.69, 9.17) is 62.4 Å². The maximum atomic E-state index is 13.3. The fourth-order valence-corrected chi connectivity index (χ4v) is 15.4. The first-order valence-electron chi connectivity index (χ1n) is 46.1. The molecule has 0 saturated carbocycles. The number of nitrogens with zero attached hydrogens (tertiary/aromatic N) is 5. The second kappa shape index (κ2) is 57.9. The van der Waals surface area contributed by atoms with Gasteiger partial charge in [0.1, 0.15) is 0 Å². The number of carbonyl (C=O) groups is 1. The third-order valence-electron chi connectivity index (χ3n) is 21.9. The predicted molar refractivity (Wildman–Crippen MR) is 581 cm³/mol. The van der Waals surface area contributed by atoms with Gasteiger partial charge in [0.2, 0.25) is 10.0 Å². The minimum atomic E-state index is -3.63. The number of hydrogen-bond donors (Lipinski definition) is 21. The summed E-state index contributed by atoms with van der Waals surface area (Å²) in [6.45, 7) is 21.1. The van der Waals surface area contributed by atoms with Crippen LogP contribution in [0.4, 0.5) is 125 Å². The summed E-state index contributed by atoms with van der Waals surface area (Å²) in [7, 11) is -1.51. The Kier molecular flexibility index (Phi) is 44.5. The van der Waals surface area contributed by atoms with Crippen LogP contribution in [-0.4, -0.2) is 178 Å². The lowest BCUT2D eigenvalue weighted by atomic mass is 10.1. The average molecular weight is 1860 g/mol. The van der Waals surface area contributed by atoms with Gasteiger partial charge in [-0.25, -0.2) is 8.42 Å². The van der Waals surface area contributed by atoms with Gasteiger partial charge in [-0.15, -0.1) is 0 Å². The summed E-state index contributed by atoms with van der Waals surface area (Å²) in [5, 5.41) is 42.8. The Balaban J connectivity index is 0.000000192. The number of likely N-dealkylation sites (N-methyl/N-ethyl adjacent to an activating group) is 2. The van der Waals surface area contributed by atoms with Crippen molar-refractivity contribution in [3.05, 3.63) is 333 Å². The molecule has 13 aromatic rings. The van der Waals surface area contributed by atoms with Crippen LogP contribution in [0, 0.1) is 6.92 Å². The van der Waals surface area contributed by atoms with Gasteiger partial charge < -0.3 is 135 Å².